The van der Waals surface area contributed by atoms with E-state index < -0.39 is 59.0 Å². The van der Waals surface area contributed by atoms with E-state index in [1.807, 2.05) is 0 Å². The summed E-state index contributed by atoms with van der Waals surface area (Å²) in [6.45, 7) is 3.73. The van der Waals surface area contributed by atoms with E-state index in [0.29, 0.717) is 52.8 Å². The number of aromatic hydroxyl groups is 7. The van der Waals surface area contributed by atoms with Crippen LogP contribution < -0.4 is 10.5 Å². The van der Waals surface area contributed by atoms with Crippen molar-refractivity contribution < 1.29 is 78.4 Å². The van der Waals surface area contributed by atoms with Crippen LogP contribution in [0.5, 0.6) is 46.3 Å². The van der Waals surface area contributed by atoms with Gasteiger partial charge in [-0.15, -0.1) is 0 Å². The molecule has 0 amide bonds. The highest BCUT2D eigenvalue weighted by molar-refractivity contribution is 5.90. The average Bonchev–Trinajstić information content (AvgIpc) is 3.08. The van der Waals surface area contributed by atoms with E-state index in [2.05, 4.69) is 4.98 Å². The molecule has 0 aliphatic carbocycles. The molecule has 3 unspecified atom stereocenters. The number of carbonyl (C=O) groups excluding carboxylic acids is 1. The van der Waals surface area contributed by atoms with E-state index in [1.165, 1.54) is 6.07 Å². The number of nitrogens with zero attached hydrogens (tertiary/aromatic N) is 1. The van der Waals surface area contributed by atoms with Gasteiger partial charge in [-0.1, -0.05) is 0 Å². The minimum atomic E-state index is -1.49. The Morgan fingerprint density at radius 1 is 0.667 bits per heavy atom. The fourth-order valence-corrected chi connectivity index (χ4v) is 4.97. The van der Waals surface area contributed by atoms with Crippen LogP contribution >= 0.6 is 0 Å². The van der Waals surface area contributed by atoms with E-state index in [-0.39, 0.29) is 54.6 Å². The molecule has 2 aromatic carbocycles. The van der Waals surface area contributed by atoms with E-state index in [1.54, 1.807) is 0 Å². The number of rotatable bonds is 21. The van der Waals surface area contributed by atoms with Crippen LogP contribution in [0.2, 0.25) is 0 Å². The van der Waals surface area contributed by atoms with E-state index in [9.17, 15) is 40.5 Å². The number of ether oxygens (including phenoxy) is 8. The van der Waals surface area contributed by atoms with Gasteiger partial charge < -0.3 is 79.4 Å². The van der Waals surface area contributed by atoms with E-state index in [4.69, 9.17) is 43.6 Å². The summed E-state index contributed by atoms with van der Waals surface area (Å²) in [4.78, 5) is 16.7. The average molecular weight is 723 g/mol. The lowest BCUT2D eigenvalue weighted by Gasteiger charge is -2.39. The lowest BCUT2D eigenvalue weighted by molar-refractivity contribution is -0.118. The predicted octanol–water partition coefficient (Wildman–Crippen LogP) is 1.48. The van der Waals surface area contributed by atoms with Gasteiger partial charge in [-0.2, -0.15) is 4.98 Å². The Kier molecular flexibility index (Phi) is 14.9. The van der Waals surface area contributed by atoms with Gasteiger partial charge in [0.15, 0.2) is 29.5 Å². The standard InChI is InChI=1S/C33H42N2O16/c34-1-2-44-3-4-45-5-6-46-7-8-47-9-10-48-11-12-49-31-28-22(37)17-21(36)18-25(28)50-30(19-13-23(38)29(42)24(39)14-19)32(31)51-33(43)20-15-26(40)35-27(41)16-20/h13-18,30-32,36-39,42H,1-12,34H2,(H2,35,40,41). The SMILES string of the molecule is NCCOCCOCCOCCOCCOCCOC1c2c(O)cc(O)cc2OC(c2cc(O)c(O)c(O)c2)C1OC(=O)c1cc(O)nc(O)c1. The fourth-order valence-electron chi connectivity index (χ4n) is 4.97. The highest BCUT2D eigenvalue weighted by atomic mass is 16.6. The number of nitrogens with two attached hydrogens (primary N) is 1. The summed E-state index contributed by atoms with van der Waals surface area (Å²) < 4.78 is 45.0. The summed E-state index contributed by atoms with van der Waals surface area (Å²) in [7, 11) is 0. The van der Waals surface area contributed by atoms with Crippen molar-refractivity contribution in [3.8, 4) is 46.3 Å². The van der Waals surface area contributed by atoms with Gasteiger partial charge >= 0.3 is 5.97 Å². The molecule has 0 bridgehead atoms. The first-order chi connectivity index (χ1) is 24.6. The third-order valence-electron chi connectivity index (χ3n) is 7.21. The highest BCUT2D eigenvalue weighted by Gasteiger charge is 2.45. The van der Waals surface area contributed by atoms with Crippen LogP contribution in [0.15, 0.2) is 36.4 Å². The van der Waals surface area contributed by atoms with Crippen molar-refractivity contribution in [1.82, 2.24) is 4.98 Å². The molecule has 1 aliphatic heterocycles. The van der Waals surface area contributed by atoms with Crippen LogP contribution in [0.25, 0.3) is 0 Å². The molecule has 0 fully saturated rings. The molecule has 18 heteroatoms. The normalized spacial score (nSPS) is 16.8. The van der Waals surface area contributed by atoms with Crippen LogP contribution in [0.1, 0.15) is 33.7 Å². The predicted molar refractivity (Wildman–Crippen MR) is 173 cm³/mol. The van der Waals surface area contributed by atoms with Crippen molar-refractivity contribution in [2.75, 3.05) is 79.2 Å². The molecule has 0 radical (unpaired) electrons. The van der Waals surface area contributed by atoms with Gasteiger partial charge in [0.05, 0.1) is 83.8 Å². The molecule has 0 spiro atoms. The summed E-state index contributed by atoms with van der Waals surface area (Å²) >= 11 is 0. The summed E-state index contributed by atoms with van der Waals surface area (Å²) in [5.41, 5.74) is 5.02. The smallest absolute Gasteiger partial charge is 0.339 e. The number of phenols is 5. The molecule has 0 saturated heterocycles. The Labute approximate surface area is 292 Å². The molecule has 51 heavy (non-hydrogen) atoms. The Morgan fingerprint density at radius 2 is 1.18 bits per heavy atom. The number of carbonyl (C=O) groups is 1. The zero-order valence-electron chi connectivity index (χ0n) is 27.5. The Morgan fingerprint density at radius 3 is 1.71 bits per heavy atom. The topological polar surface area (TPSA) is 271 Å². The van der Waals surface area contributed by atoms with Crippen LogP contribution in [0.3, 0.4) is 0 Å². The van der Waals surface area contributed by atoms with Crippen LogP contribution in [-0.2, 0) is 33.2 Å². The summed E-state index contributed by atoms with van der Waals surface area (Å²) in [6.07, 6.45) is -4.18. The summed E-state index contributed by atoms with van der Waals surface area (Å²) in [5.74, 6) is -5.59. The minimum absolute atomic E-state index is 0.000866. The third kappa shape index (κ3) is 11.3. The van der Waals surface area contributed by atoms with Gasteiger partial charge in [0.1, 0.15) is 23.4 Å². The van der Waals surface area contributed by atoms with Gasteiger partial charge in [-0.05, 0) is 12.1 Å². The van der Waals surface area contributed by atoms with Crippen molar-refractivity contribution in [3.63, 3.8) is 0 Å². The number of pyridine rings is 1. The first-order valence-corrected chi connectivity index (χ1v) is 15.9. The van der Waals surface area contributed by atoms with Gasteiger partial charge in [0.25, 0.3) is 0 Å². The maximum absolute atomic E-state index is 13.3. The molecule has 0 saturated carbocycles. The second kappa shape index (κ2) is 19.5. The number of phenolic OH excluding ortho intramolecular Hbond substituents is 5. The van der Waals surface area contributed by atoms with Crippen LogP contribution in [0, 0.1) is 0 Å². The first kappa shape index (κ1) is 39.0. The number of hydrogen-bond donors (Lipinski definition) is 8. The summed E-state index contributed by atoms with van der Waals surface area (Å²) in [6, 6.07) is 6.20. The Bertz CT molecular complexity index is 1530. The van der Waals surface area contributed by atoms with Gasteiger partial charge in [0, 0.05) is 36.4 Å². The van der Waals surface area contributed by atoms with Crippen LogP contribution in [0.4, 0.5) is 0 Å². The lowest BCUT2D eigenvalue weighted by atomic mass is 9.90. The van der Waals surface area contributed by atoms with Gasteiger partial charge in [-0.3, -0.25) is 0 Å². The Balaban J connectivity index is 1.38. The molecule has 2 heterocycles. The molecule has 18 nitrogen and oxygen atoms in total. The van der Waals surface area contributed by atoms with Crippen molar-refractivity contribution >= 4 is 5.97 Å². The zero-order chi connectivity index (χ0) is 36.8. The van der Waals surface area contributed by atoms with Gasteiger partial charge in [-0.25, -0.2) is 4.79 Å². The quantitative estimate of drug-likeness (QED) is 0.0439. The molecule has 9 N–H and O–H groups in total. The van der Waals surface area contributed by atoms with Crippen molar-refractivity contribution in [3.05, 3.63) is 53.1 Å². The van der Waals surface area contributed by atoms with Gasteiger partial charge in [0.2, 0.25) is 11.8 Å². The molecule has 3 aromatic rings. The number of aromatic nitrogens is 1. The summed E-state index contributed by atoms with van der Waals surface area (Å²) in [5, 5.41) is 71.1. The molecule has 1 aliphatic rings. The lowest BCUT2D eigenvalue weighted by Crippen LogP contribution is -2.40. The minimum Gasteiger partial charge on any atom is -0.508 e. The zero-order valence-corrected chi connectivity index (χ0v) is 27.5. The number of benzene rings is 2. The Hall–Kier alpha value is -4.82. The number of fused-ring (bicyclic) bond motifs is 1. The number of hydrogen-bond acceptors (Lipinski definition) is 18. The third-order valence-corrected chi connectivity index (χ3v) is 7.21. The first-order valence-electron chi connectivity index (χ1n) is 15.9. The molecular weight excluding hydrogens is 680 g/mol. The molecule has 3 atom stereocenters. The second-order valence-corrected chi connectivity index (χ2v) is 10.9. The highest BCUT2D eigenvalue weighted by Crippen LogP contribution is 2.51. The van der Waals surface area contributed by atoms with Crippen molar-refractivity contribution in [1.29, 1.82) is 0 Å². The molecular formula is C33H42N2O16. The van der Waals surface area contributed by atoms with Crippen LogP contribution in [-0.4, -0.2) is 132 Å². The second-order valence-electron chi connectivity index (χ2n) is 10.9. The fraction of sp³-hybridized carbons (Fsp3) is 0.455. The maximum atomic E-state index is 13.3. The monoisotopic (exact) mass is 722 g/mol. The molecule has 1 aromatic heterocycles. The maximum Gasteiger partial charge on any atom is 0.339 e. The van der Waals surface area contributed by atoms with E-state index in [0.717, 1.165) is 30.3 Å². The largest absolute Gasteiger partial charge is 0.508 e. The van der Waals surface area contributed by atoms with Crippen molar-refractivity contribution in [2.45, 2.75) is 18.3 Å². The van der Waals surface area contributed by atoms with Crippen molar-refractivity contribution in [2.24, 2.45) is 5.73 Å². The van der Waals surface area contributed by atoms with E-state index >= 15 is 0 Å². The molecule has 280 valence electrons. The molecule has 4 rings (SSSR count). The number of esters is 1.